The van der Waals surface area contributed by atoms with E-state index >= 15 is 0 Å². The minimum Gasteiger partial charge on any atom is -0.497 e. The lowest BCUT2D eigenvalue weighted by Crippen LogP contribution is -2.09. The first-order valence-electron chi connectivity index (χ1n) is 8.57. The van der Waals surface area contributed by atoms with E-state index < -0.39 is 0 Å². The van der Waals surface area contributed by atoms with Crippen molar-refractivity contribution in [3.63, 3.8) is 0 Å². The fourth-order valence-electron chi connectivity index (χ4n) is 3.05. The normalized spacial score (nSPS) is 11.6. The van der Waals surface area contributed by atoms with Gasteiger partial charge >= 0.3 is 0 Å². The Morgan fingerprint density at radius 2 is 1.42 bits per heavy atom. The van der Waals surface area contributed by atoms with Crippen molar-refractivity contribution in [3.05, 3.63) is 95.6 Å². The highest BCUT2D eigenvalue weighted by Crippen LogP contribution is 2.31. The number of ether oxygens (including phenoxy) is 2. The van der Waals surface area contributed by atoms with E-state index in [4.69, 9.17) is 9.47 Å². The standard InChI is InChI=1S/C23H22O3/c1-25-20-13-11-18(12-14-20)23(24)16-22(17-7-4-3-5-8-17)19-9-6-10-21(15-19)26-2/h3-15,22H,16H2,1-2H3. The summed E-state index contributed by atoms with van der Waals surface area (Å²) >= 11 is 0. The van der Waals surface area contributed by atoms with Gasteiger partial charge in [0.25, 0.3) is 0 Å². The van der Waals surface area contributed by atoms with Crippen LogP contribution in [0.4, 0.5) is 0 Å². The molecule has 0 saturated heterocycles. The quantitative estimate of drug-likeness (QED) is 0.558. The summed E-state index contributed by atoms with van der Waals surface area (Å²) in [6.45, 7) is 0. The highest BCUT2D eigenvalue weighted by Gasteiger charge is 2.19. The van der Waals surface area contributed by atoms with Crippen LogP contribution in [0.25, 0.3) is 0 Å². The van der Waals surface area contributed by atoms with Crippen molar-refractivity contribution in [1.29, 1.82) is 0 Å². The van der Waals surface area contributed by atoms with Crippen molar-refractivity contribution in [2.75, 3.05) is 14.2 Å². The first kappa shape index (κ1) is 17.7. The van der Waals surface area contributed by atoms with Crippen molar-refractivity contribution in [3.8, 4) is 11.5 Å². The second kappa shape index (κ2) is 8.34. The van der Waals surface area contributed by atoms with Crippen molar-refractivity contribution in [1.82, 2.24) is 0 Å². The Hall–Kier alpha value is -3.07. The highest BCUT2D eigenvalue weighted by atomic mass is 16.5. The Bertz CT molecular complexity index is 854. The molecule has 0 aliphatic heterocycles. The summed E-state index contributed by atoms with van der Waals surface area (Å²) in [5, 5.41) is 0. The lowest BCUT2D eigenvalue weighted by Gasteiger charge is -2.18. The van der Waals surface area contributed by atoms with E-state index in [0.29, 0.717) is 12.0 Å². The topological polar surface area (TPSA) is 35.5 Å². The molecule has 1 atom stereocenters. The van der Waals surface area contributed by atoms with E-state index in [9.17, 15) is 4.79 Å². The third kappa shape index (κ3) is 4.12. The van der Waals surface area contributed by atoms with Crippen molar-refractivity contribution in [2.45, 2.75) is 12.3 Å². The number of hydrogen-bond acceptors (Lipinski definition) is 3. The monoisotopic (exact) mass is 346 g/mol. The molecule has 3 aromatic carbocycles. The SMILES string of the molecule is COc1ccc(C(=O)CC(c2ccccc2)c2cccc(OC)c2)cc1. The molecule has 3 aromatic rings. The zero-order chi connectivity index (χ0) is 18.4. The van der Waals surface area contributed by atoms with Crippen LogP contribution in [0.5, 0.6) is 11.5 Å². The van der Waals surface area contributed by atoms with E-state index in [2.05, 4.69) is 12.1 Å². The van der Waals surface area contributed by atoms with E-state index in [1.165, 1.54) is 0 Å². The molecule has 0 aliphatic rings. The molecule has 0 saturated carbocycles. The smallest absolute Gasteiger partial charge is 0.163 e. The Balaban J connectivity index is 1.91. The van der Waals surface area contributed by atoms with Gasteiger partial charge in [-0.15, -0.1) is 0 Å². The van der Waals surface area contributed by atoms with Gasteiger partial charge < -0.3 is 9.47 Å². The molecule has 132 valence electrons. The van der Waals surface area contributed by atoms with Crippen molar-refractivity contribution < 1.29 is 14.3 Å². The molecule has 0 aromatic heterocycles. The second-order valence-electron chi connectivity index (χ2n) is 6.10. The lowest BCUT2D eigenvalue weighted by molar-refractivity contribution is 0.0977. The van der Waals surface area contributed by atoms with Crippen LogP contribution in [0.2, 0.25) is 0 Å². The summed E-state index contributed by atoms with van der Waals surface area (Å²) in [6.07, 6.45) is 0.392. The summed E-state index contributed by atoms with van der Waals surface area (Å²) in [6, 6.07) is 25.3. The molecule has 0 aliphatic carbocycles. The van der Waals surface area contributed by atoms with Gasteiger partial charge in [-0.1, -0.05) is 42.5 Å². The van der Waals surface area contributed by atoms with Crippen LogP contribution < -0.4 is 9.47 Å². The third-order valence-electron chi connectivity index (χ3n) is 4.50. The number of benzene rings is 3. The van der Waals surface area contributed by atoms with Crippen LogP contribution in [0.3, 0.4) is 0 Å². The molecule has 0 fully saturated rings. The largest absolute Gasteiger partial charge is 0.497 e. The minimum atomic E-state index is -0.0269. The average molecular weight is 346 g/mol. The Labute approximate surface area is 154 Å². The lowest BCUT2D eigenvalue weighted by atomic mass is 9.85. The van der Waals surface area contributed by atoms with Gasteiger partial charge in [-0.3, -0.25) is 4.79 Å². The number of ketones is 1. The molecule has 3 nitrogen and oxygen atoms in total. The number of methoxy groups -OCH3 is 2. The van der Waals surface area contributed by atoms with Gasteiger partial charge in [0.2, 0.25) is 0 Å². The van der Waals surface area contributed by atoms with Gasteiger partial charge in [0.15, 0.2) is 5.78 Å². The van der Waals surface area contributed by atoms with E-state index in [1.807, 2.05) is 66.7 Å². The molecule has 3 rings (SSSR count). The molecule has 0 bridgehead atoms. The van der Waals surface area contributed by atoms with Gasteiger partial charge in [0.1, 0.15) is 11.5 Å². The summed E-state index contributed by atoms with van der Waals surface area (Å²) in [7, 11) is 3.27. The molecule has 1 unspecified atom stereocenters. The molecule has 26 heavy (non-hydrogen) atoms. The van der Waals surface area contributed by atoms with Gasteiger partial charge in [-0.05, 0) is 47.5 Å². The number of carbonyl (C=O) groups excluding carboxylic acids is 1. The van der Waals surface area contributed by atoms with Crippen molar-refractivity contribution in [2.24, 2.45) is 0 Å². The fourth-order valence-corrected chi connectivity index (χ4v) is 3.05. The molecular weight excluding hydrogens is 324 g/mol. The Kier molecular flexibility index (Phi) is 5.69. The maximum Gasteiger partial charge on any atom is 0.163 e. The highest BCUT2D eigenvalue weighted by molar-refractivity contribution is 5.97. The molecule has 3 heteroatoms. The van der Waals surface area contributed by atoms with Gasteiger partial charge in [-0.25, -0.2) is 0 Å². The molecule has 0 amide bonds. The number of hydrogen-bond donors (Lipinski definition) is 0. The number of carbonyl (C=O) groups is 1. The first-order chi connectivity index (χ1) is 12.7. The maximum absolute atomic E-state index is 12.9. The molecule has 0 spiro atoms. The summed E-state index contributed by atoms with van der Waals surface area (Å²) < 4.78 is 10.5. The first-order valence-corrected chi connectivity index (χ1v) is 8.57. The average Bonchev–Trinajstić information content (AvgIpc) is 2.72. The van der Waals surface area contributed by atoms with E-state index in [-0.39, 0.29) is 11.7 Å². The summed E-state index contributed by atoms with van der Waals surface area (Å²) in [5.41, 5.74) is 2.87. The maximum atomic E-state index is 12.9. The minimum absolute atomic E-state index is 0.0269. The van der Waals surface area contributed by atoms with Crippen LogP contribution in [0, 0.1) is 0 Å². The molecular formula is C23H22O3. The summed E-state index contributed by atoms with van der Waals surface area (Å²) in [4.78, 5) is 12.9. The van der Waals surface area contributed by atoms with E-state index in [1.54, 1.807) is 14.2 Å². The number of Topliss-reactive ketones (excluding diaryl/α,β-unsaturated/α-hetero) is 1. The molecule has 0 heterocycles. The van der Waals surface area contributed by atoms with Gasteiger partial charge in [0.05, 0.1) is 14.2 Å². The van der Waals surface area contributed by atoms with Crippen LogP contribution in [-0.2, 0) is 0 Å². The fraction of sp³-hybridized carbons (Fsp3) is 0.174. The zero-order valence-corrected chi connectivity index (χ0v) is 15.0. The molecule has 0 radical (unpaired) electrons. The van der Waals surface area contributed by atoms with Crippen LogP contribution in [0.15, 0.2) is 78.9 Å². The zero-order valence-electron chi connectivity index (χ0n) is 15.0. The van der Waals surface area contributed by atoms with Crippen LogP contribution in [0.1, 0.15) is 33.8 Å². The van der Waals surface area contributed by atoms with Gasteiger partial charge in [-0.2, -0.15) is 0 Å². The number of rotatable bonds is 7. The second-order valence-corrected chi connectivity index (χ2v) is 6.10. The van der Waals surface area contributed by atoms with Crippen LogP contribution >= 0.6 is 0 Å². The Morgan fingerprint density at radius 3 is 2.08 bits per heavy atom. The Morgan fingerprint density at radius 1 is 0.769 bits per heavy atom. The van der Waals surface area contributed by atoms with Gasteiger partial charge in [0, 0.05) is 17.9 Å². The summed E-state index contributed by atoms with van der Waals surface area (Å²) in [5.74, 6) is 1.61. The van der Waals surface area contributed by atoms with Crippen molar-refractivity contribution >= 4 is 5.78 Å². The van der Waals surface area contributed by atoms with E-state index in [0.717, 1.165) is 22.6 Å². The predicted molar refractivity (Wildman–Crippen MR) is 103 cm³/mol. The molecule has 0 N–H and O–H groups in total. The third-order valence-corrected chi connectivity index (χ3v) is 4.50. The van der Waals surface area contributed by atoms with Crippen LogP contribution in [-0.4, -0.2) is 20.0 Å². The predicted octanol–water partition coefficient (Wildman–Crippen LogP) is 5.11.